The van der Waals surface area contributed by atoms with Crippen molar-refractivity contribution < 1.29 is 37.8 Å². The molecule has 2 aromatic carbocycles. The second kappa shape index (κ2) is 10.2. The molecule has 1 fully saturated rings. The molecule has 4 aromatic rings. The summed E-state index contributed by atoms with van der Waals surface area (Å²) < 4.78 is 34.7. The fourth-order valence-corrected chi connectivity index (χ4v) is 4.49. The van der Waals surface area contributed by atoms with Crippen LogP contribution in [-0.2, 0) is 15.0 Å². The predicted molar refractivity (Wildman–Crippen MR) is 141 cm³/mol. The fraction of sp³-hybridized carbons (Fsp3) is 0.393. The molecule has 0 saturated carbocycles. The van der Waals surface area contributed by atoms with E-state index in [9.17, 15) is 9.90 Å². The minimum atomic E-state index is -1.21. The van der Waals surface area contributed by atoms with Gasteiger partial charge in [-0.2, -0.15) is 4.98 Å². The third-order valence-electron chi connectivity index (χ3n) is 6.43. The molecule has 2 aromatic heterocycles. The predicted octanol–water partition coefficient (Wildman–Crippen LogP) is 5.50. The van der Waals surface area contributed by atoms with E-state index < -0.39 is 17.4 Å². The van der Waals surface area contributed by atoms with E-state index in [0.29, 0.717) is 53.3 Å². The van der Waals surface area contributed by atoms with Gasteiger partial charge in [0.2, 0.25) is 5.82 Å². The summed E-state index contributed by atoms with van der Waals surface area (Å²) in [6, 6.07) is 11.0. The number of hydrogen-bond acceptors (Lipinski definition) is 9. The van der Waals surface area contributed by atoms with E-state index in [2.05, 4.69) is 15.5 Å². The number of carboxylic acid groups (broad SMARTS) is 1. The lowest BCUT2D eigenvalue weighted by atomic mass is 9.96. The summed E-state index contributed by atoms with van der Waals surface area (Å²) >= 11 is 0. The second-order valence-corrected chi connectivity index (χ2v) is 9.76. The Morgan fingerprint density at radius 3 is 2.44 bits per heavy atom. The Hall–Kier alpha value is -4.09. The number of nitrogens with one attached hydrogen (secondary N) is 1. The van der Waals surface area contributed by atoms with Crippen molar-refractivity contribution in [3.8, 4) is 34.3 Å². The lowest BCUT2D eigenvalue weighted by Crippen LogP contribution is -2.58. The highest BCUT2D eigenvalue weighted by molar-refractivity contribution is 5.86. The first-order chi connectivity index (χ1) is 18.6. The summed E-state index contributed by atoms with van der Waals surface area (Å²) in [4.78, 5) is 16.3. The monoisotopic (exact) mass is 537 g/mol. The number of aromatic nitrogens is 2. The van der Waals surface area contributed by atoms with Gasteiger partial charge in [0.25, 0.3) is 5.89 Å². The summed E-state index contributed by atoms with van der Waals surface area (Å²) in [5.74, 6) is 1.54. The Kier molecular flexibility index (Phi) is 6.96. The minimum Gasteiger partial charge on any atom is -0.490 e. The molecular weight excluding hydrogens is 506 g/mol. The summed E-state index contributed by atoms with van der Waals surface area (Å²) in [5.41, 5.74) is 1.66. The van der Waals surface area contributed by atoms with E-state index in [-0.39, 0.29) is 13.2 Å². The number of hydrogen-bond donors (Lipinski definition) is 2. The smallest absolute Gasteiger partial charge is 0.405 e. The molecule has 0 spiro atoms. The number of aryl methyl sites for hydroxylation is 1. The van der Waals surface area contributed by atoms with Crippen LogP contribution < -0.4 is 14.8 Å². The van der Waals surface area contributed by atoms with Gasteiger partial charge in [0.15, 0.2) is 17.3 Å². The molecule has 3 heterocycles. The van der Waals surface area contributed by atoms with Gasteiger partial charge in [-0.1, -0.05) is 5.16 Å². The number of rotatable bonds is 8. The van der Waals surface area contributed by atoms with Crippen LogP contribution in [0.4, 0.5) is 4.79 Å². The quantitative estimate of drug-likeness (QED) is 0.296. The topological polar surface area (TPSA) is 138 Å². The minimum absolute atomic E-state index is 0.0536. The lowest BCUT2D eigenvalue weighted by molar-refractivity contribution is -0.274. The van der Waals surface area contributed by atoms with Gasteiger partial charge in [0.1, 0.15) is 16.9 Å². The first-order valence-electron chi connectivity index (χ1n) is 12.7. The van der Waals surface area contributed by atoms with Crippen molar-refractivity contribution in [2.24, 2.45) is 0 Å². The van der Waals surface area contributed by atoms with Gasteiger partial charge < -0.3 is 38.3 Å². The van der Waals surface area contributed by atoms with E-state index in [0.717, 1.165) is 16.5 Å². The number of amides is 1. The maximum atomic E-state index is 11.7. The standard InChI is InChI=1S/C28H31N3O8/c1-6-34-20-9-8-17(12-21(20)35-7-2)25-29-24(31-39-25)19-10-16(3)23-18(11-19)13-22(38-23)28(30-26(32)33)14-36-27(4,5)37-15-28/h8-13,30H,6-7,14-15H2,1-5H3,(H,32,33). The van der Waals surface area contributed by atoms with Crippen molar-refractivity contribution in [2.45, 2.75) is 45.9 Å². The van der Waals surface area contributed by atoms with Crippen LogP contribution >= 0.6 is 0 Å². The highest BCUT2D eigenvalue weighted by atomic mass is 16.7. The molecule has 0 bridgehead atoms. The molecule has 2 N–H and O–H groups in total. The molecular formula is C28H31N3O8. The molecule has 1 saturated heterocycles. The zero-order chi connectivity index (χ0) is 27.8. The van der Waals surface area contributed by atoms with Gasteiger partial charge in [-0.05, 0) is 76.6 Å². The van der Waals surface area contributed by atoms with Crippen LogP contribution in [0.1, 0.15) is 39.0 Å². The Labute approximate surface area is 225 Å². The van der Waals surface area contributed by atoms with Crippen molar-refractivity contribution in [1.82, 2.24) is 15.5 Å². The molecule has 0 aliphatic carbocycles. The number of carbonyl (C=O) groups is 1. The normalized spacial score (nSPS) is 16.2. The number of nitrogens with zero attached hydrogens (tertiary/aromatic N) is 2. The summed E-state index contributed by atoms with van der Waals surface area (Å²) in [7, 11) is 0. The summed E-state index contributed by atoms with van der Waals surface area (Å²) in [6.45, 7) is 10.4. The van der Waals surface area contributed by atoms with Crippen LogP contribution in [0, 0.1) is 6.92 Å². The average molecular weight is 538 g/mol. The number of furan rings is 1. The van der Waals surface area contributed by atoms with Gasteiger partial charge in [-0.15, -0.1) is 0 Å². The molecule has 1 amide bonds. The Balaban J connectivity index is 1.48. The van der Waals surface area contributed by atoms with E-state index in [1.807, 2.05) is 51.1 Å². The fourth-order valence-electron chi connectivity index (χ4n) is 4.49. The largest absolute Gasteiger partial charge is 0.490 e. The first-order valence-corrected chi connectivity index (χ1v) is 12.7. The third-order valence-corrected chi connectivity index (χ3v) is 6.43. The highest BCUT2D eigenvalue weighted by Gasteiger charge is 2.45. The van der Waals surface area contributed by atoms with Crippen molar-refractivity contribution in [3.63, 3.8) is 0 Å². The van der Waals surface area contributed by atoms with Crippen LogP contribution in [0.2, 0.25) is 0 Å². The van der Waals surface area contributed by atoms with Crippen molar-refractivity contribution in [2.75, 3.05) is 26.4 Å². The van der Waals surface area contributed by atoms with E-state index in [1.165, 1.54) is 0 Å². The molecule has 11 nitrogen and oxygen atoms in total. The van der Waals surface area contributed by atoms with Crippen LogP contribution in [-0.4, -0.2) is 53.6 Å². The van der Waals surface area contributed by atoms with Crippen molar-refractivity contribution in [1.29, 1.82) is 0 Å². The van der Waals surface area contributed by atoms with Crippen LogP contribution in [0.15, 0.2) is 45.3 Å². The molecule has 11 heteroatoms. The third kappa shape index (κ3) is 5.27. The van der Waals surface area contributed by atoms with Crippen LogP contribution in [0.3, 0.4) is 0 Å². The zero-order valence-corrected chi connectivity index (χ0v) is 22.5. The maximum absolute atomic E-state index is 11.7. The van der Waals surface area contributed by atoms with E-state index >= 15 is 0 Å². The summed E-state index contributed by atoms with van der Waals surface area (Å²) in [6.07, 6.45) is -1.21. The summed E-state index contributed by atoms with van der Waals surface area (Å²) in [5, 5.41) is 17.0. The second-order valence-electron chi connectivity index (χ2n) is 9.76. The zero-order valence-electron chi connectivity index (χ0n) is 22.5. The van der Waals surface area contributed by atoms with Crippen LogP contribution in [0.25, 0.3) is 33.8 Å². The SMILES string of the molecule is CCOc1ccc(-c2nc(-c3cc(C)c4oc(C5(NC(=O)O)COC(C)(C)OC5)cc4c3)no2)cc1OCC. The Morgan fingerprint density at radius 1 is 1.03 bits per heavy atom. The Morgan fingerprint density at radius 2 is 1.74 bits per heavy atom. The van der Waals surface area contributed by atoms with Gasteiger partial charge in [-0.25, -0.2) is 4.79 Å². The first kappa shape index (κ1) is 26.5. The van der Waals surface area contributed by atoms with Gasteiger partial charge in [-0.3, -0.25) is 0 Å². The molecule has 1 aliphatic heterocycles. The molecule has 0 radical (unpaired) electrons. The molecule has 0 atom stereocenters. The van der Waals surface area contributed by atoms with E-state index in [4.69, 9.17) is 27.9 Å². The number of fused-ring (bicyclic) bond motifs is 1. The van der Waals surface area contributed by atoms with Crippen molar-refractivity contribution in [3.05, 3.63) is 47.7 Å². The molecule has 39 heavy (non-hydrogen) atoms. The molecule has 5 rings (SSSR count). The number of benzene rings is 2. The average Bonchev–Trinajstić information content (AvgIpc) is 3.55. The van der Waals surface area contributed by atoms with Crippen LogP contribution in [0.5, 0.6) is 11.5 Å². The molecule has 206 valence electrons. The Bertz CT molecular complexity index is 1500. The molecule has 1 aliphatic rings. The van der Waals surface area contributed by atoms with Gasteiger partial charge in [0.05, 0.1) is 26.4 Å². The van der Waals surface area contributed by atoms with E-state index in [1.54, 1.807) is 19.9 Å². The molecule has 0 unspecified atom stereocenters. The van der Waals surface area contributed by atoms with Gasteiger partial charge >= 0.3 is 6.09 Å². The number of ether oxygens (including phenoxy) is 4. The maximum Gasteiger partial charge on any atom is 0.405 e. The highest BCUT2D eigenvalue weighted by Crippen LogP contribution is 2.38. The van der Waals surface area contributed by atoms with Crippen molar-refractivity contribution >= 4 is 17.1 Å². The van der Waals surface area contributed by atoms with Gasteiger partial charge in [0, 0.05) is 16.5 Å². The lowest BCUT2D eigenvalue weighted by Gasteiger charge is -2.41.